The van der Waals surface area contributed by atoms with E-state index in [1.807, 2.05) is 12.1 Å². The summed E-state index contributed by atoms with van der Waals surface area (Å²) in [6, 6.07) is 17.4. The van der Waals surface area contributed by atoms with Crippen LogP contribution in [0.5, 0.6) is 5.75 Å². The summed E-state index contributed by atoms with van der Waals surface area (Å²) < 4.78 is 10.9. The first-order chi connectivity index (χ1) is 14.5. The number of furan rings is 1. The van der Waals surface area contributed by atoms with Gasteiger partial charge in [0.05, 0.1) is 12.8 Å². The molecule has 0 bridgehead atoms. The van der Waals surface area contributed by atoms with Crippen LogP contribution in [0.15, 0.2) is 70.7 Å². The summed E-state index contributed by atoms with van der Waals surface area (Å²) >= 11 is 11.1. The highest BCUT2D eigenvalue weighted by molar-refractivity contribution is 7.80. The molecule has 30 heavy (non-hydrogen) atoms. The van der Waals surface area contributed by atoms with Gasteiger partial charge in [-0.05, 0) is 79.0 Å². The Morgan fingerprint density at radius 2 is 1.73 bits per heavy atom. The Kier molecular flexibility index (Phi) is 5.39. The zero-order valence-electron chi connectivity index (χ0n) is 15.7. The molecule has 2 aromatic carbocycles. The van der Waals surface area contributed by atoms with E-state index >= 15 is 0 Å². The number of hydrogen-bond donors (Lipinski definition) is 1. The predicted octanol–water partition coefficient (Wildman–Crippen LogP) is 4.44. The van der Waals surface area contributed by atoms with E-state index in [1.54, 1.807) is 55.6 Å². The molecule has 1 aliphatic heterocycles. The lowest BCUT2D eigenvalue weighted by Gasteiger charge is -2.28. The van der Waals surface area contributed by atoms with E-state index in [0.717, 1.165) is 5.56 Å². The highest BCUT2D eigenvalue weighted by atomic mass is 35.5. The second kappa shape index (κ2) is 8.14. The summed E-state index contributed by atoms with van der Waals surface area (Å²) in [6.07, 6.45) is 1.40. The lowest BCUT2D eigenvalue weighted by atomic mass is 10.1. The third-order valence-electron chi connectivity index (χ3n) is 4.47. The largest absolute Gasteiger partial charge is 0.497 e. The molecule has 1 N–H and O–H groups in total. The van der Waals surface area contributed by atoms with Gasteiger partial charge < -0.3 is 9.15 Å². The maximum atomic E-state index is 13.0. The molecule has 0 atom stereocenters. The maximum Gasteiger partial charge on any atom is 0.270 e. The Labute approximate surface area is 182 Å². The fourth-order valence-corrected chi connectivity index (χ4v) is 3.37. The van der Waals surface area contributed by atoms with Crippen molar-refractivity contribution in [3.8, 4) is 17.1 Å². The summed E-state index contributed by atoms with van der Waals surface area (Å²) in [4.78, 5) is 26.7. The van der Waals surface area contributed by atoms with E-state index in [-0.39, 0.29) is 10.7 Å². The van der Waals surface area contributed by atoms with Crippen LogP contribution in [-0.4, -0.2) is 24.0 Å². The number of benzene rings is 2. The number of hydrogen-bond acceptors (Lipinski definition) is 5. The molecule has 150 valence electrons. The molecule has 4 rings (SSSR count). The SMILES string of the molecule is COc1ccc(N2C(=O)/C(=C\c3ccc(-c4ccc(Cl)cc4)o3)C(=O)NC2=S)cc1. The summed E-state index contributed by atoms with van der Waals surface area (Å²) in [5.41, 5.74) is 1.25. The number of anilines is 1. The van der Waals surface area contributed by atoms with Gasteiger partial charge in [0.25, 0.3) is 11.8 Å². The highest BCUT2D eigenvalue weighted by Gasteiger charge is 2.34. The minimum Gasteiger partial charge on any atom is -0.497 e. The lowest BCUT2D eigenvalue weighted by Crippen LogP contribution is -2.54. The van der Waals surface area contributed by atoms with Crippen LogP contribution in [0, 0.1) is 0 Å². The van der Waals surface area contributed by atoms with E-state index in [1.165, 1.54) is 11.0 Å². The van der Waals surface area contributed by atoms with Gasteiger partial charge in [-0.2, -0.15) is 0 Å². The lowest BCUT2D eigenvalue weighted by molar-refractivity contribution is -0.122. The number of halogens is 1. The Bertz CT molecular complexity index is 1170. The molecule has 0 radical (unpaired) electrons. The van der Waals surface area contributed by atoms with E-state index < -0.39 is 11.8 Å². The molecule has 1 fully saturated rings. The van der Waals surface area contributed by atoms with Crippen molar-refractivity contribution in [3.05, 3.63) is 77.0 Å². The molecule has 2 amide bonds. The van der Waals surface area contributed by atoms with Crippen molar-refractivity contribution in [3.63, 3.8) is 0 Å². The number of nitrogens with zero attached hydrogens (tertiary/aromatic N) is 1. The van der Waals surface area contributed by atoms with Gasteiger partial charge in [-0.3, -0.25) is 19.8 Å². The zero-order valence-corrected chi connectivity index (χ0v) is 17.3. The molecule has 1 aliphatic rings. The van der Waals surface area contributed by atoms with Crippen LogP contribution < -0.4 is 15.0 Å². The van der Waals surface area contributed by atoms with Gasteiger partial charge in [-0.15, -0.1) is 0 Å². The van der Waals surface area contributed by atoms with Gasteiger partial charge in [0.1, 0.15) is 22.8 Å². The minimum atomic E-state index is -0.584. The van der Waals surface area contributed by atoms with Crippen molar-refractivity contribution in [2.24, 2.45) is 0 Å². The number of ether oxygens (including phenoxy) is 1. The van der Waals surface area contributed by atoms with Crippen molar-refractivity contribution < 1.29 is 18.7 Å². The van der Waals surface area contributed by atoms with Crippen LogP contribution in [0.4, 0.5) is 5.69 Å². The summed E-state index contributed by atoms with van der Waals surface area (Å²) in [5, 5.41) is 3.17. The topological polar surface area (TPSA) is 71.8 Å². The van der Waals surface area contributed by atoms with Gasteiger partial charge in [0.2, 0.25) is 0 Å². The molecule has 3 aromatic rings. The first-order valence-electron chi connectivity index (χ1n) is 8.87. The van der Waals surface area contributed by atoms with E-state index in [0.29, 0.717) is 28.0 Å². The molecule has 0 aliphatic carbocycles. The minimum absolute atomic E-state index is 0.00798. The number of amides is 2. The highest BCUT2D eigenvalue weighted by Crippen LogP contribution is 2.27. The predicted molar refractivity (Wildman–Crippen MR) is 118 cm³/mol. The Balaban J connectivity index is 1.65. The fourth-order valence-electron chi connectivity index (χ4n) is 2.97. The molecule has 1 aromatic heterocycles. The molecule has 2 heterocycles. The molecule has 0 unspecified atom stereocenters. The fraction of sp³-hybridized carbons (Fsp3) is 0.0455. The quantitative estimate of drug-likeness (QED) is 0.370. The maximum absolute atomic E-state index is 13.0. The number of carbonyl (C=O) groups is 2. The summed E-state index contributed by atoms with van der Waals surface area (Å²) in [6.45, 7) is 0. The second-order valence-corrected chi connectivity index (χ2v) is 7.19. The zero-order chi connectivity index (χ0) is 21.3. The van der Waals surface area contributed by atoms with Gasteiger partial charge >= 0.3 is 0 Å². The Morgan fingerprint density at radius 3 is 2.40 bits per heavy atom. The summed E-state index contributed by atoms with van der Waals surface area (Å²) in [5.74, 6) is 0.461. The molecule has 0 saturated carbocycles. The number of nitrogens with one attached hydrogen (secondary N) is 1. The molecule has 8 heteroatoms. The number of thiocarbonyl (C=S) groups is 1. The van der Waals surface area contributed by atoms with Crippen LogP contribution >= 0.6 is 23.8 Å². The average molecular weight is 439 g/mol. The van der Waals surface area contributed by atoms with E-state index in [2.05, 4.69) is 5.32 Å². The molecular weight excluding hydrogens is 424 g/mol. The van der Waals surface area contributed by atoms with Crippen molar-refractivity contribution in [2.45, 2.75) is 0 Å². The first-order valence-corrected chi connectivity index (χ1v) is 9.66. The third-order valence-corrected chi connectivity index (χ3v) is 5.01. The van der Waals surface area contributed by atoms with Crippen molar-refractivity contribution in [1.82, 2.24) is 5.32 Å². The standard InChI is InChI=1S/C22H15ClN2O4S/c1-28-16-8-6-15(7-9-16)25-21(27)18(20(26)24-22(25)30)12-17-10-11-19(29-17)13-2-4-14(23)5-3-13/h2-12H,1H3,(H,24,26,30)/b18-12-. The van der Waals surface area contributed by atoms with Crippen LogP contribution in [0.25, 0.3) is 17.4 Å². The smallest absolute Gasteiger partial charge is 0.270 e. The monoisotopic (exact) mass is 438 g/mol. The average Bonchev–Trinajstić information content (AvgIpc) is 3.21. The number of carbonyl (C=O) groups excluding carboxylic acids is 2. The van der Waals surface area contributed by atoms with E-state index in [4.69, 9.17) is 33.0 Å². The van der Waals surface area contributed by atoms with Crippen molar-refractivity contribution >= 4 is 52.5 Å². The van der Waals surface area contributed by atoms with Crippen LogP contribution in [-0.2, 0) is 9.59 Å². The van der Waals surface area contributed by atoms with Crippen LogP contribution in [0.1, 0.15) is 5.76 Å². The Morgan fingerprint density at radius 1 is 1.03 bits per heavy atom. The van der Waals surface area contributed by atoms with Gasteiger partial charge in [0.15, 0.2) is 5.11 Å². The van der Waals surface area contributed by atoms with Gasteiger partial charge in [-0.25, -0.2) is 0 Å². The Hall–Kier alpha value is -3.42. The second-order valence-electron chi connectivity index (χ2n) is 6.36. The van der Waals surface area contributed by atoms with E-state index in [9.17, 15) is 9.59 Å². The number of methoxy groups -OCH3 is 1. The molecule has 0 spiro atoms. The van der Waals surface area contributed by atoms with Crippen LogP contribution in [0.2, 0.25) is 5.02 Å². The normalized spacial score (nSPS) is 15.5. The summed E-state index contributed by atoms with van der Waals surface area (Å²) in [7, 11) is 1.55. The molecular formula is C22H15ClN2O4S. The molecule has 6 nitrogen and oxygen atoms in total. The number of rotatable bonds is 4. The van der Waals surface area contributed by atoms with Crippen molar-refractivity contribution in [1.29, 1.82) is 0 Å². The van der Waals surface area contributed by atoms with Crippen LogP contribution in [0.3, 0.4) is 0 Å². The first kappa shape index (κ1) is 19.9. The van der Waals surface area contributed by atoms with Gasteiger partial charge in [0, 0.05) is 10.6 Å². The molecule has 1 saturated heterocycles. The third kappa shape index (κ3) is 3.85. The van der Waals surface area contributed by atoms with Gasteiger partial charge in [-0.1, -0.05) is 11.6 Å². The van der Waals surface area contributed by atoms with Crippen molar-refractivity contribution in [2.75, 3.05) is 12.0 Å².